The van der Waals surface area contributed by atoms with Gasteiger partial charge in [0.05, 0.1) is 15.6 Å². The molecule has 0 saturated carbocycles. The van der Waals surface area contributed by atoms with Gasteiger partial charge in [0, 0.05) is 5.69 Å². The van der Waals surface area contributed by atoms with Crippen molar-refractivity contribution in [2.45, 2.75) is 18.7 Å². The highest BCUT2D eigenvalue weighted by molar-refractivity contribution is 7.92. The molecule has 0 fully saturated rings. The largest absolute Gasteiger partial charge is 0.398 e. The fourth-order valence-corrected chi connectivity index (χ4v) is 3.61. The van der Waals surface area contributed by atoms with Gasteiger partial charge in [-0.05, 0) is 55.3 Å². The third-order valence-electron chi connectivity index (χ3n) is 3.01. The Bertz CT molecular complexity index is 807. The number of rotatable bonds is 3. The molecule has 0 heterocycles. The Hall–Kier alpha value is -1.79. The number of nitrogen functional groups attached to an aromatic ring is 1. The maximum atomic E-state index is 13.0. The summed E-state index contributed by atoms with van der Waals surface area (Å²) in [5.41, 5.74) is 7.47. The van der Waals surface area contributed by atoms with Crippen LogP contribution in [-0.4, -0.2) is 8.42 Å². The average Bonchev–Trinajstić information content (AvgIpc) is 2.37. The van der Waals surface area contributed by atoms with Crippen LogP contribution in [0.4, 0.5) is 15.8 Å². The van der Waals surface area contributed by atoms with Crippen molar-refractivity contribution in [2.24, 2.45) is 0 Å². The van der Waals surface area contributed by atoms with Crippen molar-refractivity contribution in [1.82, 2.24) is 0 Å². The normalized spacial score (nSPS) is 11.4. The maximum absolute atomic E-state index is 13.0. The molecule has 0 spiro atoms. The summed E-state index contributed by atoms with van der Waals surface area (Å²) in [5, 5.41) is -0.0168. The van der Waals surface area contributed by atoms with E-state index in [0.29, 0.717) is 11.3 Å². The van der Waals surface area contributed by atoms with E-state index in [-0.39, 0.29) is 15.6 Å². The molecule has 0 atom stereocenters. The molecule has 0 unspecified atom stereocenters. The Morgan fingerprint density at radius 3 is 2.48 bits per heavy atom. The predicted molar refractivity (Wildman–Crippen MR) is 82.5 cm³/mol. The Morgan fingerprint density at radius 1 is 1.19 bits per heavy atom. The second kappa shape index (κ2) is 5.54. The molecule has 21 heavy (non-hydrogen) atoms. The van der Waals surface area contributed by atoms with Crippen molar-refractivity contribution < 1.29 is 12.8 Å². The Morgan fingerprint density at radius 2 is 1.86 bits per heavy atom. The summed E-state index contributed by atoms with van der Waals surface area (Å²) in [6.45, 7) is 3.37. The van der Waals surface area contributed by atoms with Crippen molar-refractivity contribution >= 4 is 33.0 Å². The van der Waals surface area contributed by atoms with E-state index in [4.69, 9.17) is 17.3 Å². The highest BCUT2D eigenvalue weighted by atomic mass is 35.5. The van der Waals surface area contributed by atoms with Crippen LogP contribution in [0.3, 0.4) is 0 Å². The zero-order chi connectivity index (χ0) is 15.8. The SMILES string of the molecule is Cc1cc(N)c(C)c(S(=O)(=O)Nc2ccc(F)cc2Cl)c1. The van der Waals surface area contributed by atoms with Crippen LogP contribution in [0.5, 0.6) is 0 Å². The second-order valence-corrected chi connectivity index (χ2v) is 6.76. The van der Waals surface area contributed by atoms with Crippen LogP contribution in [0.1, 0.15) is 11.1 Å². The molecule has 0 saturated heterocycles. The number of hydrogen-bond donors (Lipinski definition) is 2. The molecule has 2 rings (SSSR count). The third-order valence-corrected chi connectivity index (χ3v) is 4.81. The molecule has 0 aliphatic carbocycles. The molecule has 0 radical (unpaired) electrons. The molecule has 112 valence electrons. The lowest BCUT2D eigenvalue weighted by Gasteiger charge is -2.13. The lowest BCUT2D eigenvalue weighted by molar-refractivity contribution is 0.600. The summed E-state index contributed by atoms with van der Waals surface area (Å²) in [6, 6.07) is 6.65. The summed E-state index contributed by atoms with van der Waals surface area (Å²) < 4.78 is 40.2. The van der Waals surface area contributed by atoms with Gasteiger partial charge >= 0.3 is 0 Å². The zero-order valence-corrected chi connectivity index (χ0v) is 13.0. The van der Waals surface area contributed by atoms with Crippen LogP contribution < -0.4 is 10.5 Å². The van der Waals surface area contributed by atoms with E-state index in [2.05, 4.69) is 4.72 Å². The number of hydrogen-bond acceptors (Lipinski definition) is 3. The number of benzene rings is 2. The first kappa shape index (κ1) is 15.6. The number of halogens is 2. The minimum atomic E-state index is -3.86. The van der Waals surface area contributed by atoms with Gasteiger partial charge in [-0.25, -0.2) is 12.8 Å². The van der Waals surface area contributed by atoms with Crippen LogP contribution in [-0.2, 0) is 10.0 Å². The fourth-order valence-electron chi connectivity index (χ4n) is 1.90. The summed E-state index contributed by atoms with van der Waals surface area (Å²) in [6.07, 6.45) is 0. The lowest BCUT2D eigenvalue weighted by atomic mass is 10.1. The molecule has 4 nitrogen and oxygen atoms in total. The summed E-state index contributed by atoms with van der Waals surface area (Å²) >= 11 is 5.83. The van der Waals surface area contributed by atoms with Gasteiger partial charge < -0.3 is 5.73 Å². The summed E-state index contributed by atoms with van der Waals surface area (Å²) in [5.74, 6) is -0.543. The molecular formula is C14H14ClFN2O2S. The van der Waals surface area contributed by atoms with E-state index in [1.165, 1.54) is 12.1 Å². The average molecular weight is 329 g/mol. The first-order chi connectivity index (χ1) is 9.70. The molecule has 0 bridgehead atoms. The molecule has 0 aliphatic heterocycles. The molecule has 2 aromatic rings. The van der Waals surface area contributed by atoms with Crippen molar-refractivity contribution in [3.63, 3.8) is 0 Å². The van der Waals surface area contributed by atoms with Gasteiger partial charge in [0.15, 0.2) is 0 Å². The molecule has 0 aromatic heterocycles. The van der Waals surface area contributed by atoms with Crippen LogP contribution in [0.15, 0.2) is 35.2 Å². The quantitative estimate of drug-likeness (QED) is 0.847. The van der Waals surface area contributed by atoms with Crippen LogP contribution in [0, 0.1) is 19.7 Å². The van der Waals surface area contributed by atoms with Crippen LogP contribution >= 0.6 is 11.6 Å². The van der Waals surface area contributed by atoms with E-state index in [0.717, 1.165) is 17.7 Å². The van der Waals surface area contributed by atoms with E-state index in [1.807, 2.05) is 0 Å². The van der Waals surface area contributed by atoms with Crippen LogP contribution in [0.25, 0.3) is 0 Å². The zero-order valence-electron chi connectivity index (χ0n) is 11.4. The van der Waals surface area contributed by atoms with E-state index in [9.17, 15) is 12.8 Å². The molecule has 7 heteroatoms. The lowest BCUT2D eigenvalue weighted by Crippen LogP contribution is -2.15. The smallest absolute Gasteiger partial charge is 0.262 e. The van der Waals surface area contributed by atoms with E-state index >= 15 is 0 Å². The highest BCUT2D eigenvalue weighted by Crippen LogP contribution is 2.28. The predicted octanol–water partition coefficient (Wildman–Crippen LogP) is 3.48. The molecule has 2 aromatic carbocycles. The van der Waals surface area contributed by atoms with Gasteiger partial charge in [-0.2, -0.15) is 0 Å². The van der Waals surface area contributed by atoms with Gasteiger partial charge in [-0.15, -0.1) is 0 Å². The molecular weight excluding hydrogens is 315 g/mol. The van der Waals surface area contributed by atoms with Crippen molar-refractivity contribution in [3.05, 3.63) is 52.3 Å². The van der Waals surface area contributed by atoms with Crippen molar-refractivity contribution in [2.75, 3.05) is 10.5 Å². The van der Waals surface area contributed by atoms with Crippen molar-refractivity contribution in [1.29, 1.82) is 0 Å². The first-order valence-electron chi connectivity index (χ1n) is 6.05. The first-order valence-corrected chi connectivity index (χ1v) is 7.91. The minimum Gasteiger partial charge on any atom is -0.398 e. The molecule has 0 amide bonds. The highest BCUT2D eigenvalue weighted by Gasteiger charge is 2.20. The minimum absolute atomic E-state index is 0.0168. The molecule has 0 aliphatic rings. The standard InChI is InChI=1S/C14H14ClFN2O2S/c1-8-5-12(17)9(2)14(6-8)21(19,20)18-13-4-3-10(16)7-11(13)15/h3-7,18H,17H2,1-2H3. The second-order valence-electron chi connectivity index (χ2n) is 4.71. The summed E-state index contributed by atoms with van der Waals surface area (Å²) in [4.78, 5) is 0.0698. The number of nitrogens with one attached hydrogen (secondary N) is 1. The summed E-state index contributed by atoms with van der Waals surface area (Å²) in [7, 11) is -3.86. The Kier molecular flexibility index (Phi) is 4.11. The van der Waals surface area contributed by atoms with Gasteiger partial charge in [0.2, 0.25) is 0 Å². The maximum Gasteiger partial charge on any atom is 0.262 e. The van der Waals surface area contributed by atoms with Crippen molar-refractivity contribution in [3.8, 4) is 0 Å². The Labute approximate surface area is 127 Å². The van der Waals surface area contributed by atoms with Crippen LogP contribution in [0.2, 0.25) is 5.02 Å². The fraction of sp³-hybridized carbons (Fsp3) is 0.143. The Balaban J connectivity index is 2.48. The van der Waals surface area contributed by atoms with Gasteiger partial charge in [-0.3, -0.25) is 4.72 Å². The number of anilines is 2. The third kappa shape index (κ3) is 3.28. The number of nitrogens with two attached hydrogens (primary N) is 1. The van der Waals surface area contributed by atoms with Gasteiger partial charge in [-0.1, -0.05) is 11.6 Å². The number of aryl methyl sites for hydroxylation is 1. The number of sulfonamides is 1. The topological polar surface area (TPSA) is 72.2 Å². The van der Waals surface area contributed by atoms with E-state index < -0.39 is 15.8 Å². The van der Waals surface area contributed by atoms with Gasteiger partial charge in [0.25, 0.3) is 10.0 Å². The monoisotopic (exact) mass is 328 g/mol. The van der Waals surface area contributed by atoms with E-state index in [1.54, 1.807) is 19.9 Å². The van der Waals surface area contributed by atoms with Gasteiger partial charge in [0.1, 0.15) is 5.82 Å². The molecule has 3 N–H and O–H groups in total.